The fourth-order valence-corrected chi connectivity index (χ4v) is 4.52. The highest BCUT2D eigenvalue weighted by atomic mass is 32.2. The van der Waals surface area contributed by atoms with Crippen LogP contribution in [-0.2, 0) is 0 Å². The molecule has 0 aliphatic carbocycles. The summed E-state index contributed by atoms with van der Waals surface area (Å²) in [5, 5.41) is -0.136. The van der Waals surface area contributed by atoms with Crippen LogP contribution in [0.5, 0.6) is 0 Å². The second kappa shape index (κ2) is 6.23. The molecule has 0 aliphatic rings. The van der Waals surface area contributed by atoms with Gasteiger partial charge in [-0.15, -0.1) is 11.3 Å². The zero-order chi connectivity index (χ0) is 15.7. The van der Waals surface area contributed by atoms with E-state index >= 15 is 0 Å². The number of carbonyl (C=O) groups excluding carboxylic acids is 1. The van der Waals surface area contributed by atoms with Gasteiger partial charge in [0.15, 0.2) is 10.1 Å². The lowest BCUT2D eigenvalue weighted by Crippen LogP contribution is -2.13. The summed E-state index contributed by atoms with van der Waals surface area (Å²) >= 11 is 3.18. The molecule has 0 N–H and O–H groups in total. The quantitative estimate of drug-likeness (QED) is 0.482. The van der Waals surface area contributed by atoms with Crippen molar-refractivity contribution >= 4 is 39.1 Å². The number of Topliss-reactive ketones (excluding diaryl/α,β-unsaturated/α-hetero) is 1. The Bertz CT molecular complexity index is 805. The van der Waals surface area contributed by atoms with Crippen molar-refractivity contribution in [1.82, 2.24) is 4.98 Å². The third-order valence-corrected chi connectivity index (χ3v) is 5.94. The van der Waals surface area contributed by atoms with Crippen molar-refractivity contribution in [2.45, 2.75) is 30.4 Å². The second-order valence-electron chi connectivity index (χ2n) is 5.37. The van der Waals surface area contributed by atoms with Crippen molar-refractivity contribution in [1.29, 1.82) is 0 Å². The number of benzene rings is 2. The van der Waals surface area contributed by atoms with E-state index in [4.69, 9.17) is 0 Å². The minimum atomic E-state index is -0.136. The van der Waals surface area contributed by atoms with E-state index in [1.807, 2.05) is 50.2 Å². The molecule has 2 aromatic carbocycles. The number of rotatable bonds is 4. The highest BCUT2D eigenvalue weighted by Crippen LogP contribution is 2.33. The Morgan fingerprint density at radius 2 is 1.91 bits per heavy atom. The molecule has 0 spiro atoms. The molecule has 1 heterocycles. The van der Waals surface area contributed by atoms with Crippen LogP contribution in [0.2, 0.25) is 0 Å². The first-order valence-electron chi connectivity index (χ1n) is 7.18. The minimum Gasteiger partial charge on any atom is -0.293 e. The molecule has 3 rings (SSSR count). The number of para-hydroxylation sites is 1. The lowest BCUT2D eigenvalue weighted by molar-refractivity contribution is 0.0994. The van der Waals surface area contributed by atoms with Gasteiger partial charge in [-0.3, -0.25) is 4.79 Å². The van der Waals surface area contributed by atoms with Crippen molar-refractivity contribution in [2.75, 3.05) is 0 Å². The van der Waals surface area contributed by atoms with Gasteiger partial charge in [-0.25, -0.2) is 4.98 Å². The lowest BCUT2D eigenvalue weighted by atomic mass is 10.0. The van der Waals surface area contributed by atoms with Crippen LogP contribution >= 0.6 is 23.1 Å². The van der Waals surface area contributed by atoms with Crippen LogP contribution in [0, 0.1) is 13.8 Å². The molecule has 0 fully saturated rings. The van der Waals surface area contributed by atoms with Crippen LogP contribution in [-0.4, -0.2) is 16.0 Å². The van der Waals surface area contributed by atoms with E-state index in [0.717, 1.165) is 25.7 Å². The molecular weight excluding hydrogens is 310 g/mol. The SMILES string of the molecule is Cc1ccc(C(=O)C(C)Sc2nc3ccccc3s2)cc1C. The first kappa shape index (κ1) is 15.3. The number of nitrogens with zero attached hydrogens (tertiary/aromatic N) is 1. The number of hydrogen-bond acceptors (Lipinski definition) is 4. The Kier molecular flexibility index (Phi) is 4.32. The fraction of sp³-hybridized carbons (Fsp3) is 0.222. The molecule has 0 aliphatic heterocycles. The van der Waals surface area contributed by atoms with E-state index in [1.165, 1.54) is 5.56 Å². The molecular formula is C18H17NOS2. The van der Waals surface area contributed by atoms with Gasteiger partial charge in [0, 0.05) is 5.56 Å². The highest BCUT2D eigenvalue weighted by Gasteiger charge is 2.18. The molecule has 1 aromatic heterocycles. The predicted molar refractivity (Wildman–Crippen MR) is 95.2 cm³/mol. The zero-order valence-electron chi connectivity index (χ0n) is 12.8. The van der Waals surface area contributed by atoms with Gasteiger partial charge in [-0.1, -0.05) is 36.0 Å². The summed E-state index contributed by atoms with van der Waals surface area (Å²) in [5.74, 6) is 0.160. The van der Waals surface area contributed by atoms with E-state index in [0.29, 0.717) is 0 Å². The smallest absolute Gasteiger partial charge is 0.175 e. The number of thiazole rings is 1. The zero-order valence-corrected chi connectivity index (χ0v) is 14.4. The van der Waals surface area contributed by atoms with E-state index in [1.54, 1.807) is 23.1 Å². The molecule has 3 aromatic rings. The molecule has 0 amide bonds. The van der Waals surface area contributed by atoms with Crippen molar-refractivity contribution in [3.05, 3.63) is 59.2 Å². The van der Waals surface area contributed by atoms with Gasteiger partial charge in [-0.05, 0) is 50.1 Å². The van der Waals surface area contributed by atoms with Crippen LogP contribution in [0.15, 0.2) is 46.8 Å². The number of aryl methyl sites for hydroxylation is 2. The lowest BCUT2D eigenvalue weighted by Gasteiger charge is -2.09. The summed E-state index contributed by atoms with van der Waals surface area (Å²) in [6.45, 7) is 6.05. The van der Waals surface area contributed by atoms with Crippen LogP contribution in [0.1, 0.15) is 28.4 Å². The summed E-state index contributed by atoms with van der Waals surface area (Å²) in [6, 6.07) is 14.0. The largest absolute Gasteiger partial charge is 0.293 e. The third kappa shape index (κ3) is 3.08. The molecule has 1 atom stereocenters. The summed E-state index contributed by atoms with van der Waals surface area (Å²) in [5.41, 5.74) is 4.15. The first-order chi connectivity index (χ1) is 10.5. The van der Waals surface area contributed by atoms with Crippen LogP contribution < -0.4 is 0 Å². The van der Waals surface area contributed by atoms with E-state index in [-0.39, 0.29) is 11.0 Å². The molecule has 1 unspecified atom stereocenters. The number of carbonyl (C=O) groups is 1. The summed E-state index contributed by atoms with van der Waals surface area (Å²) in [7, 11) is 0. The average molecular weight is 327 g/mol. The van der Waals surface area contributed by atoms with Gasteiger partial charge in [0.1, 0.15) is 0 Å². The van der Waals surface area contributed by atoms with Gasteiger partial charge < -0.3 is 0 Å². The monoisotopic (exact) mass is 327 g/mol. The first-order valence-corrected chi connectivity index (χ1v) is 8.88. The number of thioether (sulfide) groups is 1. The molecule has 22 heavy (non-hydrogen) atoms. The van der Waals surface area contributed by atoms with Gasteiger partial charge in [0.25, 0.3) is 0 Å². The van der Waals surface area contributed by atoms with Gasteiger partial charge in [-0.2, -0.15) is 0 Å². The van der Waals surface area contributed by atoms with Crippen molar-refractivity contribution < 1.29 is 4.79 Å². The molecule has 0 saturated heterocycles. The normalized spacial score (nSPS) is 12.5. The maximum Gasteiger partial charge on any atom is 0.175 e. The molecule has 112 valence electrons. The summed E-state index contributed by atoms with van der Waals surface area (Å²) in [4.78, 5) is 17.2. The van der Waals surface area contributed by atoms with Gasteiger partial charge >= 0.3 is 0 Å². The number of ketones is 1. The standard InChI is InChI=1S/C18H17NOS2/c1-11-8-9-14(10-12(11)2)17(20)13(3)21-18-19-15-6-4-5-7-16(15)22-18/h4-10,13H,1-3H3. The average Bonchev–Trinajstić information content (AvgIpc) is 2.91. The maximum atomic E-state index is 12.6. The van der Waals surface area contributed by atoms with E-state index in [2.05, 4.69) is 18.0 Å². The fourth-order valence-electron chi connectivity index (χ4n) is 2.24. The number of hydrogen-bond donors (Lipinski definition) is 0. The molecule has 0 bridgehead atoms. The highest BCUT2D eigenvalue weighted by molar-refractivity contribution is 8.02. The van der Waals surface area contributed by atoms with Crippen molar-refractivity contribution in [2.24, 2.45) is 0 Å². The Hall–Kier alpha value is -1.65. The Balaban J connectivity index is 1.79. The Morgan fingerprint density at radius 1 is 1.14 bits per heavy atom. The van der Waals surface area contributed by atoms with E-state index in [9.17, 15) is 4.79 Å². The van der Waals surface area contributed by atoms with Crippen LogP contribution in [0.3, 0.4) is 0 Å². The number of fused-ring (bicyclic) bond motifs is 1. The number of aromatic nitrogens is 1. The molecule has 4 heteroatoms. The predicted octanol–water partition coefficient (Wildman–Crippen LogP) is 5.28. The summed E-state index contributed by atoms with van der Waals surface area (Å²) in [6.07, 6.45) is 0. The third-order valence-electron chi connectivity index (χ3n) is 3.71. The molecule has 0 saturated carbocycles. The molecule has 2 nitrogen and oxygen atoms in total. The second-order valence-corrected chi connectivity index (χ2v) is 7.99. The van der Waals surface area contributed by atoms with Crippen molar-refractivity contribution in [3.63, 3.8) is 0 Å². The van der Waals surface area contributed by atoms with Crippen molar-refractivity contribution in [3.8, 4) is 0 Å². The Morgan fingerprint density at radius 3 is 2.64 bits per heavy atom. The van der Waals surface area contributed by atoms with Crippen LogP contribution in [0.4, 0.5) is 0 Å². The maximum absolute atomic E-state index is 12.6. The molecule has 0 radical (unpaired) electrons. The van der Waals surface area contributed by atoms with E-state index < -0.39 is 0 Å². The Labute approximate surface area is 138 Å². The summed E-state index contributed by atoms with van der Waals surface area (Å²) < 4.78 is 2.11. The van der Waals surface area contributed by atoms with Gasteiger partial charge in [0.05, 0.1) is 15.5 Å². The topological polar surface area (TPSA) is 30.0 Å². The van der Waals surface area contributed by atoms with Crippen LogP contribution in [0.25, 0.3) is 10.2 Å². The van der Waals surface area contributed by atoms with Gasteiger partial charge in [0.2, 0.25) is 0 Å². The minimum absolute atomic E-state index is 0.136.